The highest BCUT2D eigenvalue weighted by atomic mass is 16.3. The van der Waals surface area contributed by atoms with Crippen LogP contribution in [0.4, 0.5) is 0 Å². The Morgan fingerprint density at radius 3 is 2.67 bits per heavy atom. The van der Waals surface area contributed by atoms with Crippen molar-refractivity contribution >= 4 is 0 Å². The molecule has 2 N–H and O–H groups in total. The maximum atomic E-state index is 11.0. The summed E-state index contributed by atoms with van der Waals surface area (Å²) in [6.45, 7) is 6.95. The molecule has 0 amide bonds. The fourth-order valence-electron chi connectivity index (χ4n) is 1.42. The van der Waals surface area contributed by atoms with Crippen molar-refractivity contribution in [3.05, 3.63) is 22.2 Å². The Hall–Kier alpha value is -1.36. The molecule has 0 bridgehead atoms. The van der Waals surface area contributed by atoms with Crippen LogP contribution in [-0.2, 0) is 6.42 Å². The third-order valence-corrected chi connectivity index (χ3v) is 2.34. The first-order valence-electron chi connectivity index (χ1n) is 5.17. The zero-order valence-electron chi connectivity index (χ0n) is 9.16. The predicted octanol–water partition coefficient (Wildman–Crippen LogP) is 0.360. The number of rotatable bonds is 5. The van der Waals surface area contributed by atoms with E-state index in [1.165, 1.54) is 0 Å². The van der Waals surface area contributed by atoms with E-state index in [9.17, 15) is 4.79 Å². The van der Waals surface area contributed by atoms with E-state index in [-0.39, 0.29) is 11.4 Å². The summed E-state index contributed by atoms with van der Waals surface area (Å²) in [4.78, 5) is 19.7. The van der Waals surface area contributed by atoms with E-state index in [1.807, 2.05) is 0 Å². The molecule has 0 unspecified atom stereocenters. The van der Waals surface area contributed by atoms with Gasteiger partial charge in [-0.1, -0.05) is 13.8 Å². The summed E-state index contributed by atoms with van der Waals surface area (Å²) in [5, 5.41) is 9.13. The van der Waals surface area contributed by atoms with Gasteiger partial charge in [0.05, 0.1) is 6.07 Å². The van der Waals surface area contributed by atoms with Gasteiger partial charge in [-0.05, 0) is 13.1 Å². The van der Waals surface area contributed by atoms with Crippen molar-refractivity contribution in [2.75, 3.05) is 19.6 Å². The number of hydrogen-bond acceptors (Lipinski definition) is 4. The number of aromatic nitrogens is 2. The molecule has 5 heteroatoms. The van der Waals surface area contributed by atoms with Crippen LogP contribution in [-0.4, -0.2) is 39.6 Å². The van der Waals surface area contributed by atoms with Crippen LogP contribution in [0.1, 0.15) is 19.7 Å². The molecule has 84 valence electrons. The molecule has 0 spiro atoms. The van der Waals surface area contributed by atoms with E-state index in [0.29, 0.717) is 12.2 Å². The molecule has 0 atom stereocenters. The van der Waals surface area contributed by atoms with Gasteiger partial charge in [-0.15, -0.1) is 0 Å². The van der Waals surface area contributed by atoms with Gasteiger partial charge < -0.3 is 15.0 Å². The first-order valence-corrected chi connectivity index (χ1v) is 5.17. The minimum absolute atomic E-state index is 0.215. The molecular weight excluding hydrogens is 194 g/mol. The van der Waals surface area contributed by atoms with Gasteiger partial charge >= 0.3 is 0 Å². The third kappa shape index (κ3) is 3.71. The second kappa shape index (κ2) is 5.50. The Morgan fingerprint density at radius 1 is 1.47 bits per heavy atom. The van der Waals surface area contributed by atoms with Crippen LogP contribution in [0.5, 0.6) is 5.88 Å². The zero-order valence-corrected chi connectivity index (χ0v) is 9.16. The van der Waals surface area contributed by atoms with Crippen LogP contribution in [0.15, 0.2) is 10.9 Å². The summed E-state index contributed by atoms with van der Waals surface area (Å²) < 4.78 is 0. The fourth-order valence-corrected chi connectivity index (χ4v) is 1.42. The van der Waals surface area contributed by atoms with Crippen LogP contribution in [0, 0.1) is 0 Å². The van der Waals surface area contributed by atoms with Gasteiger partial charge in [0.2, 0.25) is 5.88 Å². The van der Waals surface area contributed by atoms with Gasteiger partial charge in [-0.2, -0.15) is 0 Å². The van der Waals surface area contributed by atoms with Crippen molar-refractivity contribution in [3.8, 4) is 5.88 Å². The van der Waals surface area contributed by atoms with E-state index in [0.717, 1.165) is 25.7 Å². The summed E-state index contributed by atoms with van der Waals surface area (Å²) in [5.74, 6) is 0.320. The zero-order chi connectivity index (χ0) is 11.3. The number of hydrogen-bond donors (Lipinski definition) is 2. The van der Waals surface area contributed by atoms with Gasteiger partial charge in [0.1, 0.15) is 5.82 Å². The van der Waals surface area contributed by atoms with Gasteiger partial charge in [0, 0.05) is 13.0 Å². The Labute approximate surface area is 88.8 Å². The summed E-state index contributed by atoms with van der Waals surface area (Å²) in [7, 11) is 0. The normalized spacial score (nSPS) is 10.9. The molecule has 15 heavy (non-hydrogen) atoms. The molecule has 0 saturated heterocycles. The molecule has 5 nitrogen and oxygen atoms in total. The first kappa shape index (κ1) is 11.7. The summed E-state index contributed by atoms with van der Waals surface area (Å²) in [5.41, 5.74) is -0.308. The van der Waals surface area contributed by atoms with Gasteiger partial charge in [-0.25, -0.2) is 4.98 Å². The maximum Gasteiger partial charge on any atom is 0.254 e. The molecule has 0 aliphatic carbocycles. The van der Waals surface area contributed by atoms with Crippen LogP contribution >= 0.6 is 0 Å². The second-order valence-electron chi connectivity index (χ2n) is 3.33. The predicted molar refractivity (Wildman–Crippen MR) is 58.0 cm³/mol. The highest BCUT2D eigenvalue weighted by Gasteiger charge is 2.03. The van der Waals surface area contributed by atoms with Crippen LogP contribution in [0.25, 0.3) is 0 Å². The van der Waals surface area contributed by atoms with E-state index < -0.39 is 0 Å². The number of aromatic amines is 1. The van der Waals surface area contributed by atoms with Crippen molar-refractivity contribution in [2.24, 2.45) is 0 Å². The lowest BCUT2D eigenvalue weighted by molar-refractivity contribution is 0.305. The molecule has 0 fully saturated rings. The Kier molecular flexibility index (Phi) is 4.30. The molecule has 1 rings (SSSR count). The molecule has 1 heterocycles. The molecule has 1 aromatic heterocycles. The second-order valence-corrected chi connectivity index (χ2v) is 3.33. The monoisotopic (exact) mass is 211 g/mol. The topological polar surface area (TPSA) is 69.2 Å². The van der Waals surface area contributed by atoms with Crippen molar-refractivity contribution in [3.63, 3.8) is 0 Å². The van der Waals surface area contributed by atoms with Crippen molar-refractivity contribution < 1.29 is 5.11 Å². The van der Waals surface area contributed by atoms with Crippen LogP contribution in [0.3, 0.4) is 0 Å². The smallest absolute Gasteiger partial charge is 0.254 e. The standard InChI is InChI=1S/C10H17N3O2/c1-3-13(4-2)6-5-8-11-9(14)7-10(15)12-8/h7H,3-6H2,1-2H3,(H2,11,12,14,15). The fraction of sp³-hybridized carbons (Fsp3) is 0.600. The number of H-pyrrole nitrogens is 1. The highest BCUT2D eigenvalue weighted by Crippen LogP contribution is 1.99. The van der Waals surface area contributed by atoms with E-state index in [4.69, 9.17) is 5.11 Å². The third-order valence-electron chi connectivity index (χ3n) is 2.34. The van der Waals surface area contributed by atoms with Crippen molar-refractivity contribution in [1.82, 2.24) is 14.9 Å². The molecule has 0 saturated carbocycles. The van der Waals surface area contributed by atoms with Gasteiger partial charge in [0.25, 0.3) is 5.56 Å². The minimum Gasteiger partial charge on any atom is -0.493 e. The van der Waals surface area contributed by atoms with Gasteiger partial charge in [0.15, 0.2) is 0 Å². The number of nitrogens with zero attached hydrogens (tertiary/aromatic N) is 2. The first-order chi connectivity index (χ1) is 7.15. The Morgan fingerprint density at radius 2 is 2.13 bits per heavy atom. The number of aromatic hydroxyl groups is 1. The summed E-state index contributed by atoms with van der Waals surface area (Å²) >= 11 is 0. The molecule has 0 aromatic carbocycles. The molecule has 0 radical (unpaired) electrons. The van der Waals surface area contributed by atoms with Crippen molar-refractivity contribution in [1.29, 1.82) is 0 Å². The number of likely N-dealkylation sites (N-methyl/N-ethyl adjacent to an activating group) is 1. The number of nitrogens with one attached hydrogen (secondary N) is 1. The van der Waals surface area contributed by atoms with Crippen molar-refractivity contribution in [2.45, 2.75) is 20.3 Å². The molecular formula is C10H17N3O2. The lowest BCUT2D eigenvalue weighted by Gasteiger charge is -2.16. The lowest BCUT2D eigenvalue weighted by Crippen LogP contribution is -2.26. The molecule has 0 aliphatic rings. The van der Waals surface area contributed by atoms with Gasteiger partial charge in [-0.3, -0.25) is 4.79 Å². The Bertz CT molecular complexity index is 358. The van der Waals surface area contributed by atoms with E-state index in [1.54, 1.807) is 0 Å². The van der Waals surface area contributed by atoms with E-state index in [2.05, 4.69) is 28.7 Å². The quantitative estimate of drug-likeness (QED) is 0.737. The average molecular weight is 211 g/mol. The largest absolute Gasteiger partial charge is 0.493 e. The maximum absolute atomic E-state index is 11.0. The highest BCUT2D eigenvalue weighted by molar-refractivity contribution is 5.06. The Balaban J connectivity index is 2.61. The van der Waals surface area contributed by atoms with E-state index >= 15 is 0 Å². The summed E-state index contributed by atoms with van der Waals surface area (Å²) in [6.07, 6.45) is 0.644. The lowest BCUT2D eigenvalue weighted by atomic mass is 10.3. The molecule has 1 aromatic rings. The van der Waals surface area contributed by atoms with Crippen LogP contribution in [0.2, 0.25) is 0 Å². The summed E-state index contributed by atoms with van der Waals surface area (Å²) in [6, 6.07) is 1.07. The minimum atomic E-state index is -0.308. The average Bonchev–Trinajstić information content (AvgIpc) is 2.18. The SMILES string of the molecule is CCN(CC)CCc1nc(O)cc(=O)[nH]1. The van der Waals surface area contributed by atoms with Crippen LogP contribution < -0.4 is 5.56 Å². The molecule has 0 aliphatic heterocycles.